The van der Waals surface area contributed by atoms with Crippen LogP contribution in [-0.2, 0) is 6.42 Å². The highest BCUT2D eigenvalue weighted by molar-refractivity contribution is 6.09. The smallest absolute Gasteiger partial charge is 0.248 e. The quantitative estimate of drug-likeness (QED) is 0.519. The third-order valence-corrected chi connectivity index (χ3v) is 4.81. The summed E-state index contributed by atoms with van der Waals surface area (Å²) in [4.78, 5) is 31.7. The lowest BCUT2D eigenvalue weighted by Crippen LogP contribution is -2.10. The normalized spacial score (nSPS) is 10.9. The van der Waals surface area contributed by atoms with Crippen LogP contribution in [0.3, 0.4) is 0 Å². The molecule has 4 aromatic rings. The fraction of sp³-hybridized carbons (Fsp3) is 0.0870. The third kappa shape index (κ3) is 3.30. The predicted molar refractivity (Wildman–Crippen MR) is 109 cm³/mol. The average molecular weight is 369 g/mol. The average Bonchev–Trinajstić information content (AvgIpc) is 3.17. The fourth-order valence-corrected chi connectivity index (χ4v) is 3.13. The van der Waals surface area contributed by atoms with Crippen molar-refractivity contribution in [2.45, 2.75) is 13.3 Å². The Labute approximate surface area is 162 Å². The summed E-state index contributed by atoms with van der Waals surface area (Å²) in [5.41, 5.74) is 10.6. The van der Waals surface area contributed by atoms with Gasteiger partial charge in [-0.1, -0.05) is 55.5 Å². The maximum absolute atomic E-state index is 12.7. The first-order chi connectivity index (χ1) is 13.5. The summed E-state index contributed by atoms with van der Waals surface area (Å²) in [6, 6.07) is 20.1. The number of imidazole rings is 1. The second-order valence-corrected chi connectivity index (χ2v) is 6.64. The molecule has 3 N–H and O–H groups in total. The maximum Gasteiger partial charge on any atom is 0.248 e. The zero-order valence-electron chi connectivity index (χ0n) is 15.4. The molecule has 0 radical (unpaired) electrons. The van der Waals surface area contributed by atoms with E-state index < -0.39 is 5.91 Å². The van der Waals surface area contributed by atoms with Gasteiger partial charge in [-0.15, -0.1) is 0 Å². The van der Waals surface area contributed by atoms with Crippen LogP contribution >= 0.6 is 0 Å². The molecule has 5 nitrogen and oxygen atoms in total. The van der Waals surface area contributed by atoms with E-state index in [1.54, 1.807) is 30.3 Å². The van der Waals surface area contributed by atoms with Gasteiger partial charge in [0.15, 0.2) is 5.78 Å². The Morgan fingerprint density at radius 1 is 0.893 bits per heavy atom. The summed E-state index contributed by atoms with van der Waals surface area (Å²) in [5, 5.41) is 0. The summed E-state index contributed by atoms with van der Waals surface area (Å²) in [7, 11) is 0. The van der Waals surface area contributed by atoms with Gasteiger partial charge in [-0.05, 0) is 30.2 Å². The van der Waals surface area contributed by atoms with Gasteiger partial charge in [0.05, 0.1) is 11.0 Å². The topological polar surface area (TPSA) is 88.8 Å². The van der Waals surface area contributed by atoms with E-state index >= 15 is 0 Å². The first-order valence-corrected chi connectivity index (χ1v) is 9.09. The van der Waals surface area contributed by atoms with E-state index in [1.807, 2.05) is 36.4 Å². The monoisotopic (exact) mass is 369 g/mol. The van der Waals surface area contributed by atoms with E-state index in [4.69, 9.17) is 5.73 Å². The number of aryl methyl sites for hydroxylation is 1. The van der Waals surface area contributed by atoms with Gasteiger partial charge >= 0.3 is 0 Å². The molecule has 0 unspecified atom stereocenters. The molecule has 0 atom stereocenters. The highest BCUT2D eigenvalue weighted by atomic mass is 16.1. The molecule has 0 aliphatic heterocycles. The predicted octanol–water partition coefficient (Wildman–Crippen LogP) is 4.12. The molecule has 0 fully saturated rings. The van der Waals surface area contributed by atoms with Gasteiger partial charge in [-0.25, -0.2) is 4.98 Å². The third-order valence-electron chi connectivity index (χ3n) is 4.81. The zero-order chi connectivity index (χ0) is 19.7. The highest BCUT2D eigenvalue weighted by Gasteiger charge is 2.11. The summed E-state index contributed by atoms with van der Waals surface area (Å²) < 4.78 is 0. The van der Waals surface area contributed by atoms with E-state index in [0.29, 0.717) is 28.0 Å². The van der Waals surface area contributed by atoms with E-state index in [9.17, 15) is 9.59 Å². The number of carbonyl (C=O) groups excluding carboxylic acids is 2. The number of carbonyl (C=O) groups is 2. The van der Waals surface area contributed by atoms with Crippen molar-refractivity contribution in [3.8, 4) is 11.4 Å². The molecule has 0 saturated heterocycles. The molecule has 0 aliphatic carbocycles. The van der Waals surface area contributed by atoms with Crippen LogP contribution in [0.25, 0.3) is 22.4 Å². The highest BCUT2D eigenvalue weighted by Crippen LogP contribution is 2.22. The van der Waals surface area contributed by atoms with E-state index in [-0.39, 0.29) is 5.78 Å². The van der Waals surface area contributed by atoms with E-state index in [2.05, 4.69) is 16.9 Å². The number of nitrogens with one attached hydrogen (secondary N) is 1. The zero-order valence-corrected chi connectivity index (χ0v) is 15.4. The van der Waals surface area contributed by atoms with Crippen molar-refractivity contribution in [3.63, 3.8) is 0 Å². The van der Waals surface area contributed by atoms with Gasteiger partial charge < -0.3 is 10.7 Å². The summed E-state index contributed by atoms with van der Waals surface area (Å²) in [6.07, 6.45) is 0.946. The molecule has 0 bridgehead atoms. The molecule has 138 valence electrons. The fourth-order valence-electron chi connectivity index (χ4n) is 3.13. The van der Waals surface area contributed by atoms with E-state index in [0.717, 1.165) is 17.5 Å². The lowest BCUT2D eigenvalue weighted by Gasteiger charge is -2.04. The second kappa shape index (κ2) is 7.12. The number of aromatic nitrogens is 2. The Hall–Kier alpha value is -3.73. The van der Waals surface area contributed by atoms with Crippen molar-refractivity contribution in [1.29, 1.82) is 0 Å². The van der Waals surface area contributed by atoms with E-state index in [1.165, 1.54) is 5.56 Å². The van der Waals surface area contributed by atoms with Gasteiger partial charge in [0, 0.05) is 22.3 Å². The lowest BCUT2D eigenvalue weighted by molar-refractivity contribution is 0.0998. The van der Waals surface area contributed by atoms with Crippen molar-refractivity contribution >= 4 is 22.7 Å². The first kappa shape index (κ1) is 17.7. The molecule has 1 heterocycles. The summed E-state index contributed by atoms with van der Waals surface area (Å²) >= 11 is 0. The Morgan fingerprint density at radius 2 is 1.50 bits per heavy atom. The van der Waals surface area contributed by atoms with Crippen LogP contribution in [0.4, 0.5) is 0 Å². The standard InChI is InChI=1S/C23H19N3O2/c1-2-14-3-5-15(6-4-14)21(27)16-7-9-17(10-8-16)23-25-19-12-11-18(22(24)28)13-20(19)26-23/h3-13H,2H2,1H3,(H2,24,28)(H,25,26). The molecule has 1 aromatic heterocycles. The van der Waals surface area contributed by atoms with Crippen LogP contribution in [0.1, 0.15) is 38.8 Å². The largest absolute Gasteiger partial charge is 0.366 e. The second-order valence-electron chi connectivity index (χ2n) is 6.64. The Bertz CT molecular complexity index is 1170. The SMILES string of the molecule is CCc1ccc(C(=O)c2ccc(-c3nc4cc(C(N)=O)ccc4[nH]3)cc2)cc1. The van der Waals surface area contributed by atoms with Gasteiger partial charge in [0.25, 0.3) is 0 Å². The molecule has 0 spiro atoms. The number of nitrogens with zero attached hydrogens (tertiary/aromatic N) is 1. The number of primary amides is 1. The number of fused-ring (bicyclic) bond motifs is 1. The molecule has 4 rings (SSSR count). The molecule has 0 saturated carbocycles. The summed E-state index contributed by atoms with van der Waals surface area (Å²) in [6.45, 7) is 2.09. The van der Waals surface area contributed by atoms with Crippen LogP contribution in [-0.4, -0.2) is 21.7 Å². The van der Waals surface area contributed by atoms with Crippen LogP contribution in [0.15, 0.2) is 66.7 Å². The van der Waals surface area contributed by atoms with Crippen LogP contribution in [0.2, 0.25) is 0 Å². The van der Waals surface area contributed by atoms with Crippen LogP contribution in [0.5, 0.6) is 0 Å². The van der Waals surface area contributed by atoms with Crippen molar-refractivity contribution in [2.24, 2.45) is 5.73 Å². The lowest BCUT2D eigenvalue weighted by atomic mass is 10.0. The number of rotatable bonds is 5. The minimum Gasteiger partial charge on any atom is -0.366 e. The molecular formula is C23H19N3O2. The Morgan fingerprint density at radius 3 is 2.11 bits per heavy atom. The van der Waals surface area contributed by atoms with Crippen molar-refractivity contribution in [2.75, 3.05) is 0 Å². The molecule has 0 aliphatic rings. The van der Waals surface area contributed by atoms with Gasteiger partial charge in [0.1, 0.15) is 5.82 Å². The molecule has 5 heteroatoms. The number of hydrogen-bond acceptors (Lipinski definition) is 3. The van der Waals surface area contributed by atoms with Crippen LogP contribution < -0.4 is 5.73 Å². The minimum atomic E-state index is -0.485. The molecule has 28 heavy (non-hydrogen) atoms. The minimum absolute atomic E-state index is 0.00934. The van der Waals surface area contributed by atoms with Crippen molar-refractivity contribution in [1.82, 2.24) is 9.97 Å². The number of ketones is 1. The number of hydrogen-bond donors (Lipinski definition) is 2. The Kier molecular flexibility index (Phi) is 4.49. The number of amides is 1. The van der Waals surface area contributed by atoms with Gasteiger partial charge in [-0.3, -0.25) is 9.59 Å². The number of benzene rings is 3. The Balaban J connectivity index is 1.61. The molecule has 1 amide bonds. The van der Waals surface area contributed by atoms with Gasteiger partial charge in [0.2, 0.25) is 5.91 Å². The number of H-pyrrole nitrogens is 1. The molecule has 3 aromatic carbocycles. The van der Waals surface area contributed by atoms with Crippen molar-refractivity contribution in [3.05, 3.63) is 89.0 Å². The van der Waals surface area contributed by atoms with Crippen LogP contribution in [0, 0.1) is 0 Å². The molecular weight excluding hydrogens is 350 g/mol. The van der Waals surface area contributed by atoms with Gasteiger partial charge in [-0.2, -0.15) is 0 Å². The number of nitrogens with two attached hydrogens (primary N) is 1. The first-order valence-electron chi connectivity index (χ1n) is 9.09. The van der Waals surface area contributed by atoms with Crippen molar-refractivity contribution < 1.29 is 9.59 Å². The summed E-state index contributed by atoms with van der Waals surface area (Å²) in [5.74, 6) is 0.175. The maximum atomic E-state index is 12.7. The number of aromatic amines is 1.